The molecule has 2 aromatic rings. The molecule has 2 saturated carbocycles. The third-order valence-corrected chi connectivity index (χ3v) is 6.08. The molecule has 0 spiro atoms. The van der Waals surface area contributed by atoms with Crippen LogP contribution in [0.1, 0.15) is 42.7 Å². The van der Waals surface area contributed by atoms with Crippen LogP contribution in [0.15, 0.2) is 30.3 Å². The third kappa shape index (κ3) is 3.44. The molecule has 0 saturated heterocycles. The van der Waals surface area contributed by atoms with Crippen molar-refractivity contribution in [1.29, 1.82) is 0 Å². The number of nitrogens with zero attached hydrogens (tertiary/aromatic N) is 2. The van der Waals surface area contributed by atoms with E-state index in [1.165, 1.54) is 42.6 Å². The van der Waals surface area contributed by atoms with Gasteiger partial charge in [0.25, 0.3) is 0 Å². The monoisotopic (exact) mass is 327 g/mol. The minimum atomic E-state index is 0.102. The highest BCUT2D eigenvalue weighted by Crippen LogP contribution is 2.49. The molecule has 5 heteroatoms. The number of benzene rings is 1. The molecule has 1 aromatic heterocycles. The van der Waals surface area contributed by atoms with Gasteiger partial charge in [-0.3, -0.25) is 4.79 Å². The number of anilines is 1. The van der Waals surface area contributed by atoms with Crippen LogP contribution in [-0.2, 0) is 11.2 Å². The van der Waals surface area contributed by atoms with E-state index in [0.29, 0.717) is 17.5 Å². The molecule has 1 amide bonds. The highest BCUT2D eigenvalue weighted by atomic mass is 32.1. The SMILES string of the molecule is O=C(C[C@H]1C[C@H]2CC[C@@H]1C2)Nc1nnc(Cc2ccccc2)s1. The number of hydrogen-bond acceptors (Lipinski definition) is 4. The van der Waals surface area contributed by atoms with Gasteiger partial charge in [-0.1, -0.05) is 48.1 Å². The Balaban J connectivity index is 1.31. The Labute approximate surface area is 140 Å². The number of amides is 1. The third-order valence-electron chi connectivity index (χ3n) is 5.24. The first-order valence-electron chi connectivity index (χ1n) is 8.42. The molecule has 3 atom stereocenters. The molecule has 1 N–H and O–H groups in total. The van der Waals surface area contributed by atoms with E-state index in [9.17, 15) is 4.79 Å². The summed E-state index contributed by atoms with van der Waals surface area (Å²) in [5.74, 6) is 2.36. The number of hydrogen-bond donors (Lipinski definition) is 1. The normalized spacial score (nSPS) is 25.7. The maximum atomic E-state index is 12.2. The molecule has 0 unspecified atom stereocenters. The second kappa shape index (κ2) is 6.40. The zero-order valence-corrected chi connectivity index (χ0v) is 13.9. The van der Waals surface area contributed by atoms with E-state index in [1.54, 1.807) is 0 Å². The van der Waals surface area contributed by atoms with Gasteiger partial charge in [-0.2, -0.15) is 0 Å². The fourth-order valence-electron chi connectivity index (χ4n) is 4.18. The van der Waals surface area contributed by atoms with Crippen molar-refractivity contribution >= 4 is 22.4 Å². The van der Waals surface area contributed by atoms with Crippen molar-refractivity contribution in [3.63, 3.8) is 0 Å². The Morgan fingerprint density at radius 2 is 2.04 bits per heavy atom. The van der Waals surface area contributed by atoms with E-state index in [2.05, 4.69) is 27.6 Å². The van der Waals surface area contributed by atoms with Gasteiger partial charge in [0.05, 0.1) is 0 Å². The molecule has 0 radical (unpaired) electrons. The Bertz CT molecular complexity index is 685. The summed E-state index contributed by atoms with van der Waals surface area (Å²) < 4.78 is 0. The number of nitrogens with one attached hydrogen (secondary N) is 1. The lowest BCUT2D eigenvalue weighted by Crippen LogP contribution is -2.20. The molecule has 1 heterocycles. The van der Waals surface area contributed by atoms with E-state index in [-0.39, 0.29) is 5.91 Å². The molecule has 2 aliphatic carbocycles. The minimum Gasteiger partial charge on any atom is -0.301 e. The largest absolute Gasteiger partial charge is 0.301 e. The average Bonchev–Trinajstić information content (AvgIpc) is 3.26. The van der Waals surface area contributed by atoms with Crippen molar-refractivity contribution in [3.8, 4) is 0 Å². The van der Waals surface area contributed by atoms with Crippen molar-refractivity contribution < 1.29 is 4.79 Å². The summed E-state index contributed by atoms with van der Waals surface area (Å²) in [6, 6.07) is 10.2. The van der Waals surface area contributed by atoms with Gasteiger partial charge in [0.15, 0.2) is 0 Å². The van der Waals surface area contributed by atoms with Crippen LogP contribution in [0.25, 0.3) is 0 Å². The fraction of sp³-hybridized carbons (Fsp3) is 0.500. The van der Waals surface area contributed by atoms with Crippen molar-refractivity contribution in [2.75, 3.05) is 5.32 Å². The summed E-state index contributed by atoms with van der Waals surface area (Å²) in [6.07, 6.45) is 6.70. The predicted octanol–water partition coefficient (Wildman–Crippen LogP) is 3.89. The van der Waals surface area contributed by atoms with Crippen LogP contribution in [0.5, 0.6) is 0 Å². The van der Waals surface area contributed by atoms with Gasteiger partial charge in [0, 0.05) is 12.8 Å². The van der Waals surface area contributed by atoms with E-state index in [4.69, 9.17) is 0 Å². The quantitative estimate of drug-likeness (QED) is 0.906. The first-order valence-corrected chi connectivity index (χ1v) is 9.24. The number of fused-ring (bicyclic) bond motifs is 2. The number of carbonyl (C=O) groups is 1. The van der Waals surface area contributed by atoms with Gasteiger partial charge in [-0.05, 0) is 42.6 Å². The number of carbonyl (C=O) groups excluding carboxylic acids is 1. The van der Waals surface area contributed by atoms with E-state index < -0.39 is 0 Å². The molecule has 2 aliphatic rings. The Hall–Kier alpha value is -1.75. The zero-order chi connectivity index (χ0) is 15.6. The van der Waals surface area contributed by atoms with E-state index in [1.807, 2.05) is 18.2 Å². The molecule has 0 aliphatic heterocycles. The molecular weight excluding hydrogens is 306 g/mol. The van der Waals surface area contributed by atoms with Gasteiger partial charge in [0.1, 0.15) is 5.01 Å². The Morgan fingerprint density at radius 3 is 2.78 bits per heavy atom. The summed E-state index contributed by atoms with van der Waals surface area (Å²) in [4.78, 5) is 12.2. The molecule has 4 nitrogen and oxygen atoms in total. The first-order chi connectivity index (χ1) is 11.3. The minimum absolute atomic E-state index is 0.102. The van der Waals surface area contributed by atoms with Gasteiger partial charge < -0.3 is 5.32 Å². The average molecular weight is 327 g/mol. The number of rotatable bonds is 5. The maximum Gasteiger partial charge on any atom is 0.226 e. The lowest BCUT2D eigenvalue weighted by atomic mass is 9.86. The second-order valence-corrected chi connectivity index (χ2v) is 7.91. The van der Waals surface area contributed by atoms with Gasteiger partial charge in [0.2, 0.25) is 11.0 Å². The van der Waals surface area contributed by atoms with Crippen molar-refractivity contribution in [1.82, 2.24) is 10.2 Å². The Kier molecular flexibility index (Phi) is 4.12. The van der Waals surface area contributed by atoms with Crippen LogP contribution in [0.2, 0.25) is 0 Å². The lowest BCUT2D eigenvalue weighted by Gasteiger charge is -2.20. The van der Waals surface area contributed by atoms with Crippen molar-refractivity contribution in [2.45, 2.75) is 38.5 Å². The summed E-state index contributed by atoms with van der Waals surface area (Å²) in [5, 5.41) is 12.8. The van der Waals surface area contributed by atoms with Crippen LogP contribution < -0.4 is 5.32 Å². The summed E-state index contributed by atoms with van der Waals surface area (Å²) in [5.41, 5.74) is 1.21. The highest BCUT2D eigenvalue weighted by Gasteiger charge is 2.40. The molecule has 2 bridgehead atoms. The van der Waals surface area contributed by atoms with Crippen LogP contribution in [0.3, 0.4) is 0 Å². The maximum absolute atomic E-state index is 12.2. The van der Waals surface area contributed by atoms with Crippen LogP contribution >= 0.6 is 11.3 Å². The summed E-state index contributed by atoms with van der Waals surface area (Å²) in [7, 11) is 0. The van der Waals surface area contributed by atoms with Gasteiger partial charge >= 0.3 is 0 Å². The van der Waals surface area contributed by atoms with Crippen LogP contribution in [0.4, 0.5) is 5.13 Å². The topological polar surface area (TPSA) is 54.9 Å². The standard InChI is InChI=1S/C18H21N3OS/c22-16(11-15-9-13-6-7-14(15)8-13)19-18-21-20-17(23-18)10-12-4-2-1-3-5-12/h1-5,13-15H,6-11H2,(H,19,21,22)/t13-,14+,15+/m0/s1. The molecular formula is C18H21N3OS. The molecule has 2 fully saturated rings. The summed E-state index contributed by atoms with van der Waals surface area (Å²) in [6.45, 7) is 0. The van der Waals surface area contributed by atoms with Crippen LogP contribution in [0, 0.1) is 17.8 Å². The predicted molar refractivity (Wildman–Crippen MR) is 91.3 cm³/mol. The highest BCUT2D eigenvalue weighted by molar-refractivity contribution is 7.15. The first kappa shape index (κ1) is 14.8. The van der Waals surface area contributed by atoms with E-state index >= 15 is 0 Å². The molecule has 23 heavy (non-hydrogen) atoms. The molecule has 4 rings (SSSR count). The fourth-order valence-corrected chi connectivity index (χ4v) is 4.97. The van der Waals surface area contributed by atoms with Crippen molar-refractivity contribution in [3.05, 3.63) is 40.9 Å². The van der Waals surface area contributed by atoms with Gasteiger partial charge in [-0.25, -0.2) is 0 Å². The van der Waals surface area contributed by atoms with Gasteiger partial charge in [-0.15, -0.1) is 10.2 Å². The van der Waals surface area contributed by atoms with Crippen LogP contribution in [-0.4, -0.2) is 16.1 Å². The van der Waals surface area contributed by atoms with Crippen molar-refractivity contribution in [2.24, 2.45) is 17.8 Å². The Morgan fingerprint density at radius 1 is 1.17 bits per heavy atom. The zero-order valence-electron chi connectivity index (χ0n) is 13.1. The summed E-state index contributed by atoms with van der Waals surface area (Å²) >= 11 is 1.48. The molecule has 120 valence electrons. The second-order valence-electron chi connectivity index (χ2n) is 6.85. The molecule has 1 aromatic carbocycles. The number of aromatic nitrogens is 2. The smallest absolute Gasteiger partial charge is 0.226 e. The van der Waals surface area contributed by atoms with E-state index in [0.717, 1.165) is 23.3 Å². The lowest BCUT2D eigenvalue weighted by molar-refractivity contribution is -0.117.